The van der Waals surface area contributed by atoms with Gasteiger partial charge < -0.3 is 10.4 Å². The first-order valence-electron chi connectivity index (χ1n) is 5.05. The molecule has 86 valence electrons. The van der Waals surface area contributed by atoms with Gasteiger partial charge in [0, 0.05) is 11.9 Å². The minimum atomic E-state index is -0.936. The average molecular weight is 229 g/mol. The largest absolute Gasteiger partial charge is 0.478 e. The second kappa shape index (κ2) is 4.61. The number of carboxylic acids is 1. The molecule has 0 fully saturated rings. The molecule has 0 aliphatic carbocycles. The Morgan fingerprint density at radius 1 is 1.24 bits per heavy atom. The molecule has 5 heteroatoms. The first kappa shape index (κ1) is 11.1. The van der Waals surface area contributed by atoms with Crippen molar-refractivity contribution in [1.82, 2.24) is 9.97 Å². The molecule has 0 aliphatic rings. The van der Waals surface area contributed by atoms with Crippen LogP contribution in [0.3, 0.4) is 0 Å². The van der Waals surface area contributed by atoms with Crippen LogP contribution in [0.5, 0.6) is 0 Å². The number of carboxylic acid groups (broad SMARTS) is 1. The maximum Gasteiger partial charge on any atom is 0.335 e. The average Bonchev–Trinajstić information content (AvgIpc) is 2.29. The van der Waals surface area contributed by atoms with Crippen LogP contribution in [-0.4, -0.2) is 21.0 Å². The highest BCUT2D eigenvalue weighted by atomic mass is 16.4. The van der Waals surface area contributed by atoms with Crippen molar-refractivity contribution in [2.45, 2.75) is 6.92 Å². The van der Waals surface area contributed by atoms with Crippen molar-refractivity contribution in [2.24, 2.45) is 0 Å². The van der Waals surface area contributed by atoms with Gasteiger partial charge in [-0.3, -0.25) is 0 Å². The standard InChI is InChI=1S/C12H11N3O2/c1-8-13-7-6-11(14-8)15-10-4-2-9(3-5-10)12(16)17/h2-7H,1H3,(H,16,17)(H,13,14,15). The van der Waals surface area contributed by atoms with Gasteiger partial charge in [0.15, 0.2) is 0 Å². The number of benzene rings is 1. The van der Waals surface area contributed by atoms with E-state index in [0.29, 0.717) is 11.6 Å². The molecule has 0 radical (unpaired) electrons. The third-order valence-corrected chi connectivity index (χ3v) is 2.18. The topological polar surface area (TPSA) is 75.1 Å². The predicted molar refractivity (Wildman–Crippen MR) is 63.5 cm³/mol. The lowest BCUT2D eigenvalue weighted by Crippen LogP contribution is -1.98. The van der Waals surface area contributed by atoms with Gasteiger partial charge in [-0.15, -0.1) is 0 Å². The molecule has 2 aromatic rings. The molecule has 0 bridgehead atoms. The van der Waals surface area contributed by atoms with Gasteiger partial charge in [-0.1, -0.05) is 0 Å². The van der Waals surface area contributed by atoms with Crippen molar-refractivity contribution in [3.8, 4) is 0 Å². The van der Waals surface area contributed by atoms with Crippen LogP contribution in [-0.2, 0) is 0 Å². The van der Waals surface area contributed by atoms with E-state index >= 15 is 0 Å². The van der Waals surface area contributed by atoms with Crippen LogP contribution in [0, 0.1) is 6.92 Å². The summed E-state index contributed by atoms with van der Waals surface area (Å²) in [4.78, 5) is 18.9. The first-order valence-corrected chi connectivity index (χ1v) is 5.05. The molecule has 0 spiro atoms. The zero-order chi connectivity index (χ0) is 12.3. The molecule has 5 nitrogen and oxygen atoms in total. The zero-order valence-corrected chi connectivity index (χ0v) is 9.21. The van der Waals surface area contributed by atoms with Gasteiger partial charge >= 0.3 is 5.97 Å². The van der Waals surface area contributed by atoms with Crippen molar-refractivity contribution >= 4 is 17.5 Å². The van der Waals surface area contributed by atoms with Gasteiger partial charge in [0.05, 0.1) is 5.56 Å². The molecule has 2 rings (SSSR count). The zero-order valence-electron chi connectivity index (χ0n) is 9.21. The second-order valence-corrected chi connectivity index (χ2v) is 3.50. The van der Waals surface area contributed by atoms with Crippen LogP contribution in [0.1, 0.15) is 16.2 Å². The SMILES string of the molecule is Cc1nccc(Nc2ccc(C(=O)O)cc2)n1. The smallest absolute Gasteiger partial charge is 0.335 e. The third-order valence-electron chi connectivity index (χ3n) is 2.18. The Kier molecular flexibility index (Phi) is 3.00. The maximum atomic E-state index is 10.7. The fraction of sp³-hybridized carbons (Fsp3) is 0.0833. The molecule has 17 heavy (non-hydrogen) atoms. The summed E-state index contributed by atoms with van der Waals surface area (Å²) < 4.78 is 0. The van der Waals surface area contributed by atoms with E-state index in [1.807, 2.05) is 0 Å². The van der Waals surface area contributed by atoms with E-state index in [0.717, 1.165) is 5.69 Å². The third kappa shape index (κ3) is 2.78. The molecule has 1 aromatic heterocycles. The van der Waals surface area contributed by atoms with E-state index in [1.165, 1.54) is 0 Å². The number of anilines is 2. The summed E-state index contributed by atoms with van der Waals surface area (Å²) in [7, 11) is 0. The van der Waals surface area contributed by atoms with Crippen LogP contribution in [0.4, 0.5) is 11.5 Å². The molecular weight excluding hydrogens is 218 g/mol. The fourth-order valence-corrected chi connectivity index (χ4v) is 1.37. The van der Waals surface area contributed by atoms with Gasteiger partial charge in [-0.05, 0) is 37.3 Å². The highest BCUT2D eigenvalue weighted by Crippen LogP contribution is 2.14. The highest BCUT2D eigenvalue weighted by Gasteiger charge is 2.02. The number of aryl methyl sites for hydroxylation is 1. The summed E-state index contributed by atoms with van der Waals surface area (Å²) in [6, 6.07) is 8.22. The monoisotopic (exact) mass is 229 g/mol. The van der Waals surface area contributed by atoms with Gasteiger partial charge in [0.25, 0.3) is 0 Å². The fourth-order valence-electron chi connectivity index (χ4n) is 1.37. The summed E-state index contributed by atoms with van der Waals surface area (Å²) in [6.07, 6.45) is 1.66. The summed E-state index contributed by atoms with van der Waals surface area (Å²) in [6.45, 7) is 1.80. The Bertz CT molecular complexity index is 538. The van der Waals surface area contributed by atoms with E-state index < -0.39 is 5.97 Å². The van der Waals surface area contributed by atoms with Crippen molar-refractivity contribution in [1.29, 1.82) is 0 Å². The molecule has 0 aliphatic heterocycles. The predicted octanol–water partition coefficient (Wildman–Crippen LogP) is 2.23. The second-order valence-electron chi connectivity index (χ2n) is 3.50. The van der Waals surface area contributed by atoms with Crippen LogP contribution in [0.25, 0.3) is 0 Å². The van der Waals surface area contributed by atoms with E-state index in [2.05, 4.69) is 15.3 Å². The van der Waals surface area contributed by atoms with Crippen LogP contribution in [0.2, 0.25) is 0 Å². The van der Waals surface area contributed by atoms with E-state index in [-0.39, 0.29) is 5.56 Å². The quantitative estimate of drug-likeness (QED) is 0.844. The summed E-state index contributed by atoms with van der Waals surface area (Å²) >= 11 is 0. The van der Waals surface area contributed by atoms with Crippen molar-refractivity contribution in [3.05, 3.63) is 47.9 Å². The van der Waals surface area contributed by atoms with E-state index in [4.69, 9.17) is 5.11 Å². The summed E-state index contributed by atoms with van der Waals surface area (Å²) in [5.41, 5.74) is 1.04. The minimum Gasteiger partial charge on any atom is -0.478 e. The normalized spacial score (nSPS) is 9.94. The van der Waals surface area contributed by atoms with E-state index in [9.17, 15) is 4.79 Å². The Morgan fingerprint density at radius 2 is 1.94 bits per heavy atom. The number of hydrogen-bond donors (Lipinski definition) is 2. The lowest BCUT2D eigenvalue weighted by atomic mass is 10.2. The summed E-state index contributed by atoms with van der Waals surface area (Å²) in [5, 5.41) is 11.8. The maximum absolute atomic E-state index is 10.7. The van der Waals surface area contributed by atoms with Gasteiger partial charge in [-0.25, -0.2) is 14.8 Å². The minimum absolute atomic E-state index is 0.259. The number of nitrogens with one attached hydrogen (secondary N) is 1. The summed E-state index contributed by atoms with van der Waals surface area (Å²) in [5.74, 6) is 0.423. The lowest BCUT2D eigenvalue weighted by molar-refractivity contribution is 0.0697. The number of hydrogen-bond acceptors (Lipinski definition) is 4. The molecule has 0 saturated carbocycles. The van der Waals surface area contributed by atoms with Crippen molar-refractivity contribution < 1.29 is 9.90 Å². The van der Waals surface area contributed by atoms with Crippen molar-refractivity contribution in [3.63, 3.8) is 0 Å². The molecule has 1 heterocycles. The Hall–Kier alpha value is -2.43. The van der Waals surface area contributed by atoms with Gasteiger partial charge in [0.2, 0.25) is 0 Å². The molecule has 1 aromatic carbocycles. The van der Waals surface area contributed by atoms with Gasteiger partial charge in [-0.2, -0.15) is 0 Å². The molecule has 0 atom stereocenters. The number of rotatable bonds is 3. The van der Waals surface area contributed by atoms with Crippen LogP contribution >= 0.6 is 0 Å². The number of aromatic carboxylic acids is 1. The Morgan fingerprint density at radius 3 is 2.53 bits per heavy atom. The van der Waals surface area contributed by atoms with Crippen LogP contribution in [0.15, 0.2) is 36.5 Å². The highest BCUT2D eigenvalue weighted by molar-refractivity contribution is 5.88. The molecule has 0 saturated heterocycles. The number of aromatic nitrogens is 2. The molecule has 2 N–H and O–H groups in total. The Balaban J connectivity index is 2.16. The van der Waals surface area contributed by atoms with Crippen molar-refractivity contribution in [2.75, 3.05) is 5.32 Å². The van der Waals surface area contributed by atoms with E-state index in [1.54, 1.807) is 43.5 Å². The molecular formula is C12H11N3O2. The Labute approximate surface area is 98.2 Å². The van der Waals surface area contributed by atoms with Crippen LogP contribution < -0.4 is 5.32 Å². The molecule has 0 unspecified atom stereocenters. The molecule has 0 amide bonds. The number of carbonyl (C=O) groups is 1. The first-order chi connectivity index (χ1) is 8.15. The lowest BCUT2D eigenvalue weighted by Gasteiger charge is -2.05. The van der Waals surface area contributed by atoms with Gasteiger partial charge in [0.1, 0.15) is 11.6 Å². The number of nitrogens with zero attached hydrogens (tertiary/aromatic N) is 2.